The Balaban J connectivity index is 1.18. The molecule has 0 atom stereocenters. The minimum absolute atomic E-state index is 0.126. The third kappa shape index (κ3) is 4.44. The van der Waals surface area contributed by atoms with E-state index in [1.165, 1.54) is 110 Å². The number of hydrogen-bond acceptors (Lipinski definition) is 1. The first-order chi connectivity index (χ1) is 25.8. The van der Waals surface area contributed by atoms with E-state index in [4.69, 9.17) is 0 Å². The number of aromatic nitrogens is 2. The highest BCUT2D eigenvalue weighted by Crippen LogP contribution is 2.49. The maximum atomic E-state index is 2.55. The molecular formula is C50H40N2S. The van der Waals surface area contributed by atoms with Crippen molar-refractivity contribution in [3.63, 3.8) is 0 Å². The number of fused-ring (bicyclic) bond motifs is 10. The monoisotopic (exact) mass is 700 g/mol. The van der Waals surface area contributed by atoms with Gasteiger partial charge in [-0.25, -0.2) is 0 Å². The number of benzene rings is 7. The SMILES string of the molecule is CC1(C)CCC(C)(C)c2cc3c(cc21)c1cc2c(cc1n3-c1ccccc1)c1ccccc1n2-c1ccc(-c2cccc3sc4ccccc4c23)cc1. The Morgan fingerprint density at radius 2 is 0.981 bits per heavy atom. The molecule has 2 nitrogen and oxygen atoms in total. The van der Waals surface area contributed by atoms with Crippen LogP contribution in [0.25, 0.3) is 86.3 Å². The van der Waals surface area contributed by atoms with Crippen LogP contribution in [0.2, 0.25) is 0 Å². The lowest BCUT2D eigenvalue weighted by Gasteiger charge is -2.42. The molecule has 53 heavy (non-hydrogen) atoms. The van der Waals surface area contributed by atoms with Crippen LogP contribution in [-0.2, 0) is 10.8 Å². The van der Waals surface area contributed by atoms with Crippen molar-refractivity contribution >= 4 is 75.1 Å². The normalized spacial score (nSPS) is 15.3. The van der Waals surface area contributed by atoms with Gasteiger partial charge in [0, 0.05) is 53.1 Å². The second kappa shape index (κ2) is 10.9. The van der Waals surface area contributed by atoms with Gasteiger partial charge in [0.25, 0.3) is 0 Å². The number of nitrogens with zero attached hydrogens (tertiary/aromatic N) is 2. The van der Waals surface area contributed by atoms with Crippen molar-refractivity contribution in [3.8, 4) is 22.5 Å². The van der Waals surface area contributed by atoms with Crippen LogP contribution in [-0.4, -0.2) is 9.13 Å². The van der Waals surface area contributed by atoms with Gasteiger partial charge in [-0.05, 0) is 113 Å². The summed E-state index contributed by atoms with van der Waals surface area (Å²) < 4.78 is 7.66. The zero-order chi connectivity index (χ0) is 35.6. The lowest BCUT2D eigenvalue weighted by molar-refractivity contribution is 0.332. The summed E-state index contributed by atoms with van der Waals surface area (Å²) in [5, 5.41) is 7.87. The van der Waals surface area contributed by atoms with E-state index in [1.807, 2.05) is 11.3 Å². The van der Waals surface area contributed by atoms with Gasteiger partial charge in [-0.3, -0.25) is 0 Å². The first-order valence-corrected chi connectivity index (χ1v) is 19.7. The lowest BCUT2D eigenvalue weighted by Crippen LogP contribution is -2.33. The second-order valence-corrected chi connectivity index (χ2v) is 17.5. The van der Waals surface area contributed by atoms with Gasteiger partial charge in [0.05, 0.1) is 22.1 Å². The Bertz CT molecular complexity index is 3090. The molecule has 1 aliphatic carbocycles. The molecule has 0 N–H and O–H groups in total. The largest absolute Gasteiger partial charge is 0.309 e. The van der Waals surface area contributed by atoms with Gasteiger partial charge in [0.15, 0.2) is 0 Å². The zero-order valence-corrected chi connectivity index (χ0v) is 31.4. The van der Waals surface area contributed by atoms with E-state index in [-0.39, 0.29) is 10.8 Å². The molecule has 11 rings (SSSR count). The molecule has 0 amide bonds. The van der Waals surface area contributed by atoms with E-state index in [2.05, 4.69) is 182 Å². The Kier molecular flexibility index (Phi) is 6.39. The first-order valence-electron chi connectivity index (χ1n) is 18.9. The van der Waals surface area contributed by atoms with E-state index in [0.29, 0.717) is 0 Å². The predicted molar refractivity (Wildman–Crippen MR) is 229 cm³/mol. The average molecular weight is 701 g/mol. The Hall–Kier alpha value is -5.64. The van der Waals surface area contributed by atoms with Crippen LogP contribution in [0.1, 0.15) is 51.7 Å². The van der Waals surface area contributed by atoms with Gasteiger partial charge >= 0.3 is 0 Å². The van der Waals surface area contributed by atoms with Crippen molar-refractivity contribution in [1.82, 2.24) is 9.13 Å². The minimum atomic E-state index is 0.126. The van der Waals surface area contributed by atoms with Gasteiger partial charge in [0.2, 0.25) is 0 Å². The van der Waals surface area contributed by atoms with Gasteiger partial charge in [-0.1, -0.05) is 107 Å². The summed E-state index contributed by atoms with van der Waals surface area (Å²) in [6, 6.07) is 54.6. The number of hydrogen-bond donors (Lipinski definition) is 0. The third-order valence-electron chi connectivity index (χ3n) is 12.4. The molecule has 3 heterocycles. The fourth-order valence-corrected chi connectivity index (χ4v) is 10.6. The van der Waals surface area contributed by atoms with E-state index in [9.17, 15) is 0 Å². The standard InChI is InChI=1S/C50H40N2S/c1-49(2)25-26-50(3,4)41-30-45-37(27-40(41)49)39-29-43-38(28-44(39)52(45)32-13-6-5-7-14-32)35-15-8-10-18-42(35)51(43)33-23-21-31(22-24-33)34-17-12-20-47-48(34)36-16-9-11-19-46(36)53-47/h5-24,27-30H,25-26H2,1-4H3. The Labute approximate surface area is 313 Å². The van der Waals surface area contributed by atoms with Gasteiger partial charge in [-0.2, -0.15) is 0 Å². The third-order valence-corrected chi connectivity index (χ3v) is 13.5. The van der Waals surface area contributed by atoms with E-state index in [0.717, 1.165) is 0 Å². The molecule has 0 fully saturated rings. The fourth-order valence-electron chi connectivity index (χ4n) is 9.48. The van der Waals surface area contributed by atoms with Crippen molar-refractivity contribution in [2.45, 2.75) is 51.4 Å². The summed E-state index contributed by atoms with van der Waals surface area (Å²) in [6.07, 6.45) is 2.39. The highest BCUT2D eigenvalue weighted by Gasteiger charge is 2.38. The number of rotatable bonds is 3. The summed E-state index contributed by atoms with van der Waals surface area (Å²) in [5.41, 5.74) is 13.2. The van der Waals surface area contributed by atoms with Crippen LogP contribution in [0.15, 0.2) is 146 Å². The van der Waals surface area contributed by atoms with E-state index >= 15 is 0 Å². The van der Waals surface area contributed by atoms with Crippen molar-refractivity contribution in [2.75, 3.05) is 0 Å². The summed E-state index contributed by atoms with van der Waals surface area (Å²) in [6.45, 7) is 9.73. The van der Waals surface area contributed by atoms with Crippen molar-refractivity contribution in [2.24, 2.45) is 0 Å². The topological polar surface area (TPSA) is 9.86 Å². The molecule has 0 radical (unpaired) electrons. The van der Waals surface area contributed by atoms with Crippen LogP contribution < -0.4 is 0 Å². The maximum absolute atomic E-state index is 2.55. The maximum Gasteiger partial charge on any atom is 0.0548 e. The molecule has 10 aromatic rings. The first kappa shape index (κ1) is 30.9. The number of para-hydroxylation sites is 2. The summed E-state index contributed by atoms with van der Waals surface area (Å²) in [7, 11) is 0. The smallest absolute Gasteiger partial charge is 0.0548 e. The highest BCUT2D eigenvalue weighted by atomic mass is 32.1. The molecule has 256 valence electrons. The summed E-state index contributed by atoms with van der Waals surface area (Å²) >= 11 is 1.88. The zero-order valence-electron chi connectivity index (χ0n) is 30.6. The quantitative estimate of drug-likeness (QED) is 0.174. The van der Waals surface area contributed by atoms with E-state index < -0.39 is 0 Å². The number of thiophene rings is 1. The van der Waals surface area contributed by atoms with Crippen molar-refractivity contribution in [3.05, 3.63) is 157 Å². The molecule has 0 unspecified atom stereocenters. The van der Waals surface area contributed by atoms with Gasteiger partial charge < -0.3 is 9.13 Å². The van der Waals surface area contributed by atoms with Crippen LogP contribution in [0, 0.1) is 0 Å². The molecule has 0 spiro atoms. The highest BCUT2D eigenvalue weighted by molar-refractivity contribution is 7.25. The molecule has 3 aromatic heterocycles. The molecule has 3 heteroatoms. The summed E-state index contributed by atoms with van der Waals surface area (Å²) in [4.78, 5) is 0. The van der Waals surface area contributed by atoms with Gasteiger partial charge in [0.1, 0.15) is 0 Å². The second-order valence-electron chi connectivity index (χ2n) is 16.4. The summed E-state index contributed by atoms with van der Waals surface area (Å²) in [5.74, 6) is 0. The van der Waals surface area contributed by atoms with Crippen LogP contribution in [0.4, 0.5) is 0 Å². The molecular weight excluding hydrogens is 661 g/mol. The molecule has 0 bridgehead atoms. The van der Waals surface area contributed by atoms with Gasteiger partial charge in [-0.15, -0.1) is 11.3 Å². The van der Waals surface area contributed by atoms with Crippen LogP contribution in [0.5, 0.6) is 0 Å². The molecule has 0 saturated heterocycles. The molecule has 0 saturated carbocycles. The van der Waals surface area contributed by atoms with Crippen LogP contribution in [0.3, 0.4) is 0 Å². The van der Waals surface area contributed by atoms with E-state index in [1.54, 1.807) is 0 Å². The van der Waals surface area contributed by atoms with Crippen LogP contribution >= 0.6 is 11.3 Å². The average Bonchev–Trinajstić information content (AvgIpc) is 3.83. The van der Waals surface area contributed by atoms with Crippen molar-refractivity contribution < 1.29 is 0 Å². The minimum Gasteiger partial charge on any atom is -0.309 e. The predicted octanol–water partition coefficient (Wildman–Crippen LogP) is 14.3. The Morgan fingerprint density at radius 1 is 0.434 bits per heavy atom. The molecule has 1 aliphatic rings. The fraction of sp³-hybridized carbons (Fsp3) is 0.160. The molecule has 7 aromatic carbocycles. The Morgan fingerprint density at radius 3 is 1.74 bits per heavy atom. The molecule has 0 aliphatic heterocycles. The lowest BCUT2D eigenvalue weighted by atomic mass is 9.63. The van der Waals surface area contributed by atoms with Crippen molar-refractivity contribution in [1.29, 1.82) is 0 Å².